The van der Waals surface area contributed by atoms with Gasteiger partial charge in [0.15, 0.2) is 0 Å². The van der Waals surface area contributed by atoms with Crippen molar-refractivity contribution in [1.82, 2.24) is 9.80 Å². The van der Waals surface area contributed by atoms with Gasteiger partial charge in [-0.2, -0.15) is 0 Å². The number of fused-ring (bicyclic) bond motifs is 1. The van der Waals surface area contributed by atoms with Crippen LogP contribution in [0.2, 0.25) is 0 Å². The minimum atomic E-state index is 0.653. The highest BCUT2D eigenvalue weighted by molar-refractivity contribution is 5.34. The van der Waals surface area contributed by atoms with Crippen molar-refractivity contribution < 1.29 is 0 Å². The minimum Gasteiger partial charge on any atom is -0.309 e. The van der Waals surface area contributed by atoms with Gasteiger partial charge >= 0.3 is 0 Å². The van der Waals surface area contributed by atoms with Crippen molar-refractivity contribution >= 4 is 0 Å². The smallest absolute Gasteiger partial charge is 0.0239 e. The first-order valence-corrected chi connectivity index (χ1v) is 7.63. The summed E-state index contributed by atoms with van der Waals surface area (Å²) in [5, 5.41) is 0. The molecule has 0 bridgehead atoms. The van der Waals surface area contributed by atoms with E-state index in [2.05, 4.69) is 62.0 Å². The Hall–Kier alpha value is -0.860. The molecule has 1 aromatic rings. The number of benzene rings is 1. The van der Waals surface area contributed by atoms with Crippen LogP contribution in [0.25, 0.3) is 0 Å². The van der Waals surface area contributed by atoms with Crippen molar-refractivity contribution in [2.75, 3.05) is 27.2 Å². The normalized spacial score (nSPS) is 23.6. The number of likely N-dealkylation sites (N-methyl/N-ethyl adjacent to an activating group) is 2. The van der Waals surface area contributed by atoms with E-state index >= 15 is 0 Å². The monoisotopic (exact) mass is 260 g/mol. The Kier molecular flexibility index (Phi) is 5.00. The molecule has 2 atom stereocenters. The van der Waals surface area contributed by atoms with E-state index in [4.69, 9.17) is 0 Å². The first-order valence-electron chi connectivity index (χ1n) is 7.63. The molecule has 0 spiro atoms. The van der Waals surface area contributed by atoms with Gasteiger partial charge in [0.05, 0.1) is 0 Å². The molecule has 2 nitrogen and oxygen atoms in total. The molecule has 1 aromatic carbocycles. The quantitative estimate of drug-likeness (QED) is 0.801. The molecule has 0 aliphatic carbocycles. The van der Waals surface area contributed by atoms with Crippen molar-refractivity contribution in [2.24, 2.45) is 0 Å². The van der Waals surface area contributed by atoms with Crippen LogP contribution < -0.4 is 0 Å². The zero-order chi connectivity index (χ0) is 13.8. The molecule has 2 heteroatoms. The molecular formula is C17H28N2. The predicted molar refractivity (Wildman–Crippen MR) is 82.5 cm³/mol. The lowest BCUT2D eigenvalue weighted by atomic mass is 9.81. The molecule has 0 saturated carbocycles. The van der Waals surface area contributed by atoms with Crippen LogP contribution in [-0.2, 0) is 6.54 Å². The minimum absolute atomic E-state index is 0.653. The summed E-state index contributed by atoms with van der Waals surface area (Å²) < 4.78 is 0. The Balaban J connectivity index is 2.35. The summed E-state index contributed by atoms with van der Waals surface area (Å²) in [6.07, 6.45) is 2.58. The van der Waals surface area contributed by atoms with Crippen molar-refractivity contribution in [3.63, 3.8) is 0 Å². The Morgan fingerprint density at radius 1 is 1.21 bits per heavy atom. The Morgan fingerprint density at radius 3 is 2.58 bits per heavy atom. The standard InChI is InChI=1S/C17H28N2/c1-5-9-17-16(13-18(3)4)15-11-8-7-10-14(15)12-19(17)6-2/h7-8,10-11,16-17H,5-6,9,12-13H2,1-4H3/t16-,17+/m1/s1. The number of hydrogen-bond acceptors (Lipinski definition) is 2. The molecule has 1 heterocycles. The molecule has 0 N–H and O–H groups in total. The summed E-state index contributed by atoms with van der Waals surface area (Å²) in [6.45, 7) is 8.03. The first-order chi connectivity index (χ1) is 9.17. The zero-order valence-corrected chi connectivity index (χ0v) is 12.9. The van der Waals surface area contributed by atoms with Gasteiger partial charge in [0, 0.05) is 25.0 Å². The molecule has 1 aliphatic rings. The van der Waals surface area contributed by atoms with Crippen LogP contribution >= 0.6 is 0 Å². The fourth-order valence-electron chi connectivity index (χ4n) is 3.48. The maximum Gasteiger partial charge on any atom is 0.0239 e. The van der Waals surface area contributed by atoms with Crippen LogP contribution in [0.5, 0.6) is 0 Å². The van der Waals surface area contributed by atoms with Gasteiger partial charge in [-0.25, -0.2) is 0 Å². The lowest BCUT2D eigenvalue weighted by molar-refractivity contribution is 0.128. The number of nitrogens with zero attached hydrogens (tertiary/aromatic N) is 2. The third kappa shape index (κ3) is 3.18. The largest absolute Gasteiger partial charge is 0.309 e. The van der Waals surface area contributed by atoms with E-state index in [9.17, 15) is 0 Å². The molecule has 2 rings (SSSR count). The highest BCUT2D eigenvalue weighted by atomic mass is 15.2. The van der Waals surface area contributed by atoms with E-state index in [1.807, 2.05) is 0 Å². The average molecular weight is 260 g/mol. The number of rotatable bonds is 5. The summed E-state index contributed by atoms with van der Waals surface area (Å²) in [5.74, 6) is 0.653. The molecule has 0 amide bonds. The highest BCUT2D eigenvalue weighted by Crippen LogP contribution is 2.35. The van der Waals surface area contributed by atoms with Gasteiger partial charge in [-0.05, 0) is 38.2 Å². The van der Waals surface area contributed by atoms with E-state index in [0.29, 0.717) is 12.0 Å². The Morgan fingerprint density at radius 2 is 1.95 bits per heavy atom. The summed E-state index contributed by atoms with van der Waals surface area (Å²) in [7, 11) is 4.38. The first kappa shape index (κ1) is 14.5. The van der Waals surface area contributed by atoms with Crippen molar-refractivity contribution in [3.8, 4) is 0 Å². The summed E-state index contributed by atoms with van der Waals surface area (Å²) in [6, 6.07) is 9.74. The Bertz CT molecular complexity index is 400. The molecular weight excluding hydrogens is 232 g/mol. The van der Waals surface area contributed by atoms with E-state index in [0.717, 1.165) is 19.6 Å². The highest BCUT2D eigenvalue weighted by Gasteiger charge is 2.33. The van der Waals surface area contributed by atoms with E-state index in [1.54, 1.807) is 5.56 Å². The van der Waals surface area contributed by atoms with E-state index in [-0.39, 0.29) is 0 Å². The van der Waals surface area contributed by atoms with E-state index in [1.165, 1.54) is 18.4 Å². The molecule has 0 saturated heterocycles. The van der Waals surface area contributed by atoms with Crippen LogP contribution in [-0.4, -0.2) is 43.0 Å². The maximum atomic E-state index is 2.67. The molecule has 19 heavy (non-hydrogen) atoms. The zero-order valence-electron chi connectivity index (χ0n) is 12.9. The summed E-state index contributed by atoms with van der Waals surface area (Å²) in [4.78, 5) is 5.00. The second-order valence-electron chi connectivity index (χ2n) is 5.99. The molecule has 0 aromatic heterocycles. The molecule has 0 unspecified atom stereocenters. The maximum absolute atomic E-state index is 2.67. The second kappa shape index (κ2) is 6.53. The van der Waals surface area contributed by atoms with Gasteiger partial charge in [-0.15, -0.1) is 0 Å². The lowest BCUT2D eigenvalue weighted by Gasteiger charge is -2.43. The van der Waals surface area contributed by atoms with Gasteiger partial charge in [0.1, 0.15) is 0 Å². The summed E-state index contributed by atoms with van der Waals surface area (Å²) in [5.41, 5.74) is 3.11. The van der Waals surface area contributed by atoms with E-state index < -0.39 is 0 Å². The molecule has 1 aliphatic heterocycles. The van der Waals surface area contributed by atoms with Gasteiger partial charge in [0.2, 0.25) is 0 Å². The van der Waals surface area contributed by atoms with Crippen LogP contribution in [0, 0.1) is 0 Å². The second-order valence-corrected chi connectivity index (χ2v) is 5.99. The SMILES string of the molecule is CCC[C@H]1[C@H](CN(C)C)c2ccccc2CN1CC. The van der Waals surface area contributed by atoms with Gasteiger partial charge in [-0.3, -0.25) is 4.90 Å². The topological polar surface area (TPSA) is 6.48 Å². The van der Waals surface area contributed by atoms with Gasteiger partial charge in [0.25, 0.3) is 0 Å². The number of hydrogen-bond donors (Lipinski definition) is 0. The van der Waals surface area contributed by atoms with Crippen molar-refractivity contribution in [3.05, 3.63) is 35.4 Å². The van der Waals surface area contributed by atoms with Crippen LogP contribution in [0.15, 0.2) is 24.3 Å². The van der Waals surface area contributed by atoms with Crippen molar-refractivity contribution in [1.29, 1.82) is 0 Å². The van der Waals surface area contributed by atoms with Crippen molar-refractivity contribution in [2.45, 2.75) is 45.2 Å². The van der Waals surface area contributed by atoms with Crippen LogP contribution in [0.3, 0.4) is 0 Å². The third-order valence-electron chi connectivity index (χ3n) is 4.31. The predicted octanol–water partition coefficient (Wildman–Crippen LogP) is 3.34. The van der Waals surface area contributed by atoms with Crippen LogP contribution in [0.4, 0.5) is 0 Å². The van der Waals surface area contributed by atoms with Gasteiger partial charge in [-0.1, -0.05) is 44.5 Å². The van der Waals surface area contributed by atoms with Crippen LogP contribution in [0.1, 0.15) is 43.7 Å². The Labute approximate surface area is 118 Å². The molecule has 106 valence electrons. The molecule has 0 radical (unpaired) electrons. The molecule has 0 fully saturated rings. The fourth-order valence-corrected chi connectivity index (χ4v) is 3.48. The fraction of sp³-hybridized carbons (Fsp3) is 0.647. The average Bonchev–Trinajstić information content (AvgIpc) is 2.40. The third-order valence-corrected chi connectivity index (χ3v) is 4.31. The lowest BCUT2D eigenvalue weighted by Crippen LogP contribution is -2.46. The van der Waals surface area contributed by atoms with Gasteiger partial charge < -0.3 is 4.90 Å². The summed E-state index contributed by atoms with van der Waals surface area (Å²) >= 11 is 0.